The quantitative estimate of drug-likeness (QED) is 0.399. The molecule has 1 amide bonds. The van der Waals surface area contributed by atoms with Crippen molar-refractivity contribution in [3.05, 3.63) is 77.1 Å². The van der Waals surface area contributed by atoms with Gasteiger partial charge in [0.1, 0.15) is 0 Å². The fourth-order valence-electron chi connectivity index (χ4n) is 4.12. The Bertz CT molecular complexity index is 1250. The van der Waals surface area contributed by atoms with E-state index in [9.17, 15) is 4.79 Å². The second-order valence-corrected chi connectivity index (χ2v) is 9.04. The topological polar surface area (TPSA) is 71.3 Å². The van der Waals surface area contributed by atoms with Crippen molar-refractivity contribution in [2.45, 2.75) is 19.4 Å². The summed E-state index contributed by atoms with van der Waals surface area (Å²) in [5, 5.41) is 9.50. The summed E-state index contributed by atoms with van der Waals surface area (Å²) in [5.41, 5.74) is 1.76. The van der Waals surface area contributed by atoms with E-state index in [1.54, 1.807) is 0 Å². The van der Waals surface area contributed by atoms with E-state index >= 15 is 0 Å². The highest BCUT2D eigenvalue weighted by atomic mass is 79.9. The minimum Gasteiger partial charge on any atom is -0.338 e. The molecule has 0 bridgehead atoms. The maximum atomic E-state index is 12.8. The molecule has 1 aliphatic rings. The maximum Gasteiger partial charge on any atom is 0.241 e. The normalized spacial score (nSPS) is 15.2. The number of carbonyl (C=O) groups is 1. The molecule has 5 rings (SSSR count). The first-order valence-corrected chi connectivity index (χ1v) is 11.5. The van der Waals surface area contributed by atoms with Gasteiger partial charge in [0, 0.05) is 21.6 Å². The lowest BCUT2D eigenvalue weighted by Gasteiger charge is -2.30. The Morgan fingerprint density at radius 3 is 2.66 bits per heavy atom. The van der Waals surface area contributed by atoms with E-state index in [-0.39, 0.29) is 11.8 Å². The molecule has 7 heteroatoms. The van der Waals surface area contributed by atoms with E-state index in [1.165, 1.54) is 5.39 Å². The van der Waals surface area contributed by atoms with Crippen LogP contribution in [0, 0.1) is 5.92 Å². The number of hydrogen-bond acceptors (Lipinski definition) is 5. The Labute approximate surface area is 194 Å². The van der Waals surface area contributed by atoms with E-state index in [0.717, 1.165) is 47.0 Å². The van der Waals surface area contributed by atoms with E-state index in [4.69, 9.17) is 4.52 Å². The molecule has 0 aliphatic carbocycles. The molecule has 6 nitrogen and oxygen atoms in total. The predicted octanol–water partition coefficient (Wildman–Crippen LogP) is 5.50. The Kier molecular flexibility index (Phi) is 6.01. The molecule has 162 valence electrons. The number of nitrogens with zero attached hydrogens (tertiary/aromatic N) is 3. The summed E-state index contributed by atoms with van der Waals surface area (Å²) < 4.78 is 6.43. The second kappa shape index (κ2) is 9.22. The summed E-state index contributed by atoms with van der Waals surface area (Å²) in [4.78, 5) is 19.6. The number of aromatic nitrogens is 2. The van der Waals surface area contributed by atoms with Gasteiger partial charge in [0.15, 0.2) is 0 Å². The van der Waals surface area contributed by atoms with Crippen LogP contribution in [0.2, 0.25) is 0 Å². The number of rotatable bonds is 5. The smallest absolute Gasteiger partial charge is 0.241 e. The SMILES string of the molecule is O=C(Nc1ccc2ccccc2c1)C1CCN(Cc2nc(-c3cccc(Br)c3)no2)CC1. The van der Waals surface area contributed by atoms with Crippen molar-refractivity contribution in [3.63, 3.8) is 0 Å². The lowest BCUT2D eigenvalue weighted by Crippen LogP contribution is -2.37. The largest absolute Gasteiger partial charge is 0.338 e. The zero-order valence-corrected chi connectivity index (χ0v) is 19.1. The average Bonchev–Trinajstić information content (AvgIpc) is 3.28. The summed E-state index contributed by atoms with van der Waals surface area (Å²) in [6, 6.07) is 22.0. The lowest BCUT2D eigenvalue weighted by atomic mass is 9.95. The summed E-state index contributed by atoms with van der Waals surface area (Å²) in [6.07, 6.45) is 1.62. The van der Waals surface area contributed by atoms with Crippen molar-refractivity contribution in [1.29, 1.82) is 0 Å². The predicted molar refractivity (Wildman–Crippen MR) is 128 cm³/mol. The molecular formula is C25H23BrN4O2. The molecule has 0 unspecified atom stereocenters. The van der Waals surface area contributed by atoms with Gasteiger partial charge in [-0.15, -0.1) is 0 Å². The molecule has 2 heterocycles. The third kappa shape index (κ3) is 4.74. The molecule has 1 fully saturated rings. The van der Waals surface area contributed by atoms with Crippen molar-refractivity contribution in [1.82, 2.24) is 15.0 Å². The van der Waals surface area contributed by atoms with Crippen LogP contribution in [-0.2, 0) is 11.3 Å². The lowest BCUT2D eigenvalue weighted by molar-refractivity contribution is -0.121. The molecule has 32 heavy (non-hydrogen) atoms. The molecule has 0 saturated carbocycles. The highest BCUT2D eigenvalue weighted by molar-refractivity contribution is 9.10. The number of benzene rings is 3. The number of amides is 1. The first-order chi connectivity index (χ1) is 15.6. The molecule has 0 radical (unpaired) electrons. The summed E-state index contributed by atoms with van der Waals surface area (Å²) in [5.74, 6) is 1.29. The van der Waals surface area contributed by atoms with Crippen LogP contribution in [0.3, 0.4) is 0 Å². The van der Waals surface area contributed by atoms with Crippen LogP contribution in [0.25, 0.3) is 22.2 Å². The summed E-state index contributed by atoms with van der Waals surface area (Å²) in [7, 11) is 0. The minimum atomic E-state index is 0.0117. The van der Waals surface area contributed by atoms with E-state index in [0.29, 0.717) is 18.3 Å². The number of likely N-dealkylation sites (tertiary alicyclic amines) is 1. The van der Waals surface area contributed by atoms with E-state index < -0.39 is 0 Å². The van der Waals surface area contributed by atoms with E-state index in [1.807, 2.05) is 54.6 Å². The third-order valence-electron chi connectivity index (χ3n) is 5.89. The summed E-state index contributed by atoms with van der Waals surface area (Å²) in [6.45, 7) is 2.24. The van der Waals surface area contributed by atoms with Crippen LogP contribution in [0.15, 0.2) is 75.7 Å². The fourth-order valence-corrected chi connectivity index (χ4v) is 4.52. The second-order valence-electron chi connectivity index (χ2n) is 8.12. The van der Waals surface area contributed by atoms with Gasteiger partial charge in [-0.25, -0.2) is 0 Å². The van der Waals surface area contributed by atoms with Gasteiger partial charge in [0.25, 0.3) is 0 Å². The highest BCUT2D eigenvalue weighted by Crippen LogP contribution is 2.24. The molecule has 0 spiro atoms. The molecule has 0 atom stereocenters. The Hall–Kier alpha value is -3.03. The average molecular weight is 491 g/mol. The molecular weight excluding hydrogens is 468 g/mol. The van der Waals surface area contributed by atoms with Gasteiger partial charge in [-0.2, -0.15) is 4.98 Å². The maximum absolute atomic E-state index is 12.8. The number of carbonyl (C=O) groups excluding carboxylic acids is 1. The van der Waals surface area contributed by atoms with Crippen LogP contribution in [0.4, 0.5) is 5.69 Å². The molecule has 4 aromatic rings. The van der Waals surface area contributed by atoms with Crippen LogP contribution >= 0.6 is 15.9 Å². The van der Waals surface area contributed by atoms with Gasteiger partial charge in [-0.3, -0.25) is 9.69 Å². The van der Waals surface area contributed by atoms with Gasteiger partial charge in [0.05, 0.1) is 6.54 Å². The molecule has 1 N–H and O–H groups in total. The molecule has 1 aliphatic heterocycles. The van der Waals surface area contributed by atoms with Crippen molar-refractivity contribution >= 4 is 38.3 Å². The number of hydrogen-bond donors (Lipinski definition) is 1. The van der Waals surface area contributed by atoms with Crippen molar-refractivity contribution in [2.24, 2.45) is 5.92 Å². The number of piperidine rings is 1. The van der Waals surface area contributed by atoms with Gasteiger partial charge in [-0.1, -0.05) is 63.6 Å². The van der Waals surface area contributed by atoms with Crippen molar-refractivity contribution < 1.29 is 9.32 Å². The number of halogens is 1. The van der Waals surface area contributed by atoms with Crippen LogP contribution in [0.5, 0.6) is 0 Å². The zero-order valence-electron chi connectivity index (χ0n) is 17.5. The van der Waals surface area contributed by atoms with Gasteiger partial charge >= 0.3 is 0 Å². The number of nitrogens with one attached hydrogen (secondary N) is 1. The number of fused-ring (bicyclic) bond motifs is 1. The van der Waals surface area contributed by atoms with Gasteiger partial charge < -0.3 is 9.84 Å². The van der Waals surface area contributed by atoms with Crippen LogP contribution in [-0.4, -0.2) is 34.0 Å². The monoisotopic (exact) mass is 490 g/mol. The van der Waals surface area contributed by atoms with Crippen LogP contribution < -0.4 is 5.32 Å². The third-order valence-corrected chi connectivity index (χ3v) is 6.38. The fraction of sp³-hybridized carbons (Fsp3) is 0.240. The summed E-state index contributed by atoms with van der Waals surface area (Å²) >= 11 is 3.47. The van der Waals surface area contributed by atoms with E-state index in [2.05, 4.69) is 48.4 Å². The Balaban J connectivity index is 1.15. The Morgan fingerprint density at radius 2 is 1.84 bits per heavy atom. The number of anilines is 1. The standard InChI is InChI=1S/C25H23BrN4O2/c26-21-7-3-6-20(14-21)24-28-23(32-29-24)16-30-12-10-18(11-13-30)25(31)27-22-9-8-17-4-1-2-5-19(17)15-22/h1-9,14-15,18H,10-13,16H2,(H,27,31). The van der Waals surface area contributed by atoms with Crippen molar-refractivity contribution in [2.75, 3.05) is 18.4 Å². The molecule has 3 aromatic carbocycles. The first-order valence-electron chi connectivity index (χ1n) is 10.7. The minimum absolute atomic E-state index is 0.0117. The van der Waals surface area contributed by atoms with Crippen LogP contribution in [0.1, 0.15) is 18.7 Å². The van der Waals surface area contributed by atoms with Crippen molar-refractivity contribution in [3.8, 4) is 11.4 Å². The zero-order chi connectivity index (χ0) is 21.9. The Morgan fingerprint density at radius 1 is 1.03 bits per heavy atom. The molecule has 1 aromatic heterocycles. The first kappa shape index (κ1) is 20.8. The van der Waals surface area contributed by atoms with Gasteiger partial charge in [0.2, 0.25) is 17.6 Å². The van der Waals surface area contributed by atoms with Gasteiger partial charge in [-0.05, 0) is 61.0 Å². The molecule has 1 saturated heterocycles. The highest BCUT2D eigenvalue weighted by Gasteiger charge is 2.26.